The Kier molecular flexibility index (Phi) is 6.05. The van der Waals surface area contributed by atoms with Crippen molar-refractivity contribution in [1.82, 2.24) is 4.98 Å². The number of carbonyl (C=O) groups excluding carboxylic acids is 1. The molecule has 0 aliphatic carbocycles. The maximum absolute atomic E-state index is 13.1. The van der Waals surface area contributed by atoms with Gasteiger partial charge in [0, 0.05) is 22.7 Å². The molecule has 0 spiro atoms. The van der Waals surface area contributed by atoms with Crippen molar-refractivity contribution in [2.24, 2.45) is 5.16 Å². The van der Waals surface area contributed by atoms with Gasteiger partial charge < -0.3 is 9.57 Å². The molecule has 1 aromatic carbocycles. The molecule has 8 nitrogen and oxygen atoms in total. The lowest BCUT2D eigenvalue weighted by Crippen LogP contribution is -2.25. The van der Waals surface area contributed by atoms with Crippen molar-refractivity contribution >= 4 is 47.8 Å². The van der Waals surface area contributed by atoms with Gasteiger partial charge in [-0.1, -0.05) is 28.6 Å². The van der Waals surface area contributed by atoms with Gasteiger partial charge in [0.1, 0.15) is 0 Å². The van der Waals surface area contributed by atoms with Crippen molar-refractivity contribution in [3.63, 3.8) is 0 Å². The van der Waals surface area contributed by atoms with Crippen LogP contribution in [0.1, 0.15) is 12.0 Å². The smallest absolute Gasteiger partial charge is 0.280 e. The Morgan fingerprint density at radius 1 is 1.41 bits per heavy atom. The first kappa shape index (κ1) is 19.7. The maximum Gasteiger partial charge on any atom is 0.280 e. The van der Waals surface area contributed by atoms with Crippen LogP contribution in [0.5, 0.6) is 0 Å². The summed E-state index contributed by atoms with van der Waals surface area (Å²) in [6.07, 6.45) is 1.30. The molecular formula is C15H13ClFN3O5S2. The summed E-state index contributed by atoms with van der Waals surface area (Å²) >= 11 is 0.656. The molecule has 2 heterocycles. The second-order valence-electron chi connectivity index (χ2n) is 5.42. The average Bonchev–Trinajstić information content (AvgIpc) is 3.26. The van der Waals surface area contributed by atoms with E-state index in [2.05, 4.69) is 15.5 Å². The number of benzene rings is 1. The molecule has 1 aromatic heterocycles. The van der Waals surface area contributed by atoms with Crippen LogP contribution < -0.4 is 5.32 Å². The normalized spacial score (nSPS) is 17.7. The van der Waals surface area contributed by atoms with Crippen LogP contribution in [0.2, 0.25) is 0 Å². The van der Waals surface area contributed by atoms with Crippen LogP contribution in [0, 0.1) is 5.13 Å². The standard InChI is InChI=1S/C15H13ClFN3O5S2/c16-27(22,23)11-3-1-9(2-4-11)13(20-25-10-5-6-24-8-10)14(21)19-15-18-7-12(17)26-15/h1-4,7,10H,5-6,8H2,(H,18,19,21)/t10-/m1/s1. The van der Waals surface area contributed by atoms with Crippen LogP contribution in [-0.2, 0) is 23.4 Å². The first-order valence-corrected chi connectivity index (χ1v) is 10.7. The lowest BCUT2D eigenvalue weighted by molar-refractivity contribution is -0.110. The highest BCUT2D eigenvalue weighted by Crippen LogP contribution is 2.19. The van der Waals surface area contributed by atoms with Gasteiger partial charge in [0.2, 0.25) is 0 Å². The Bertz CT molecular complexity index is 956. The Balaban J connectivity index is 1.86. The van der Waals surface area contributed by atoms with Crippen molar-refractivity contribution in [2.75, 3.05) is 18.5 Å². The van der Waals surface area contributed by atoms with Gasteiger partial charge >= 0.3 is 0 Å². The lowest BCUT2D eigenvalue weighted by Gasteiger charge is -2.10. The zero-order valence-electron chi connectivity index (χ0n) is 13.6. The van der Waals surface area contributed by atoms with Gasteiger partial charge in [0.15, 0.2) is 22.1 Å². The quantitative estimate of drug-likeness (QED) is 0.425. The summed E-state index contributed by atoms with van der Waals surface area (Å²) in [5, 5.41) is 5.81. The number of aromatic nitrogens is 1. The zero-order valence-corrected chi connectivity index (χ0v) is 16.0. The van der Waals surface area contributed by atoms with Gasteiger partial charge in [-0.15, -0.1) is 0 Å². The van der Waals surface area contributed by atoms with Crippen LogP contribution in [0.3, 0.4) is 0 Å². The van der Waals surface area contributed by atoms with Gasteiger partial charge in [0.25, 0.3) is 15.0 Å². The van der Waals surface area contributed by atoms with Crippen molar-refractivity contribution in [1.29, 1.82) is 0 Å². The molecule has 3 rings (SSSR count). The topological polar surface area (TPSA) is 107 Å². The third kappa shape index (κ3) is 5.22. The minimum Gasteiger partial charge on any atom is -0.389 e. The molecule has 0 radical (unpaired) electrons. The predicted molar refractivity (Wildman–Crippen MR) is 97.0 cm³/mol. The summed E-state index contributed by atoms with van der Waals surface area (Å²) in [5.41, 5.74) is 0.156. The van der Waals surface area contributed by atoms with Crippen molar-refractivity contribution in [2.45, 2.75) is 17.4 Å². The van der Waals surface area contributed by atoms with Crippen LogP contribution in [0.4, 0.5) is 9.52 Å². The number of thiazole rings is 1. The number of nitrogens with one attached hydrogen (secondary N) is 1. The molecule has 1 amide bonds. The lowest BCUT2D eigenvalue weighted by atomic mass is 10.1. The number of rotatable bonds is 6. The fourth-order valence-electron chi connectivity index (χ4n) is 2.19. The molecule has 0 bridgehead atoms. The monoisotopic (exact) mass is 433 g/mol. The van der Waals surface area contributed by atoms with Crippen molar-refractivity contribution < 1.29 is 27.2 Å². The molecule has 1 aliphatic rings. The largest absolute Gasteiger partial charge is 0.389 e. The molecular weight excluding hydrogens is 421 g/mol. The maximum atomic E-state index is 13.1. The van der Waals surface area contributed by atoms with E-state index in [9.17, 15) is 17.6 Å². The summed E-state index contributed by atoms with van der Waals surface area (Å²) < 4.78 is 41.0. The number of hydrogen-bond acceptors (Lipinski definition) is 8. The Labute approximate surface area is 162 Å². The van der Waals surface area contributed by atoms with E-state index in [0.717, 1.165) is 6.20 Å². The van der Waals surface area contributed by atoms with Gasteiger partial charge in [-0.25, -0.2) is 13.4 Å². The number of halogens is 2. The molecule has 0 saturated carbocycles. The molecule has 2 aromatic rings. The number of nitrogens with zero attached hydrogens (tertiary/aromatic N) is 2. The van der Waals surface area contributed by atoms with E-state index in [4.69, 9.17) is 20.3 Å². The van der Waals surface area contributed by atoms with Crippen molar-refractivity contribution in [3.8, 4) is 0 Å². The number of carbonyl (C=O) groups is 1. The van der Waals surface area contributed by atoms with Gasteiger partial charge in [-0.05, 0) is 12.1 Å². The van der Waals surface area contributed by atoms with Crippen LogP contribution in [0.25, 0.3) is 0 Å². The Hall–Kier alpha value is -2.08. The molecule has 0 unspecified atom stereocenters. The molecule has 144 valence electrons. The van der Waals surface area contributed by atoms with Gasteiger partial charge in [0.05, 0.1) is 24.3 Å². The summed E-state index contributed by atoms with van der Waals surface area (Å²) in [5.74, 6) is -0.690. The minimum absolute atomic E-state index is 0.0503. The highest BCUT2D eigenvalue weighted by atomic mass is 35.7. The summed E-state index contributed by atoms with van der Waals surface area (Å²) in [4.78, 5) is 21.5. The second kappa shape index (κ2) is 8.30. The van der Waals surface area contributed by atoms with Crippen molar-refractivity contribution in [3.05, 3.63) is 41.2 Å². The van der Waals surface area contributed by atoms with E-state index in [0.29, 0.717) is 31.0 Å². The fourth-order valence-corrected chi connectivity index (χ4v) is 3.50. The Morgan fingerprint density at radius 2 is 2.15 bits per heavy atom. The molecule has 12 heteroatoms. The third-order valence-electron chi connectivity index (χ3n) is 3.50. The molecule has 27 heavy (non-hydrogen) atoms. The second-order valence-corrected chi connectivity index (χ2v) is 8.96. The number of anilines is 1. The Morgan fingerprint density at radius 3 is 2.70 bits per heavy atom. The minimum atomic E-state index is -3.90. The van der Waals surface area contributed by atoms with Crippen LogP contribution in [-0.4, -0.2) is 44.3 Å². The van der Waals surface area contributed by atoms with E-state index in [-0.39, 0.29) is 27.4 Å². The highest BCUT2D eigenvalue weighted by Gasteiger charge is 2.21. The van der Waals surface area contributed by atoms with E-state index in [1.165, 1.54) is 24.3 Å². The molecule has 1 N–H and O–H groups in total. The molecule has 1 atom stereocenters. The van der Waals surface area contributed by atoms with E-state index >= 15 is 0 Å². The van der Waals surface area contributed by atoms with E-state index < -0.39 is 20.1 Å². The SMILES string of the molecule is O=C(Nc1ncc(F)s1)C(=NO[C@@H]1CCOC1)c1ccc(S(=O)(=O)Cl)cc1. The molecule has 1 saturated heterocycles. The third-order valence-corrected chi connectivity index (χ3v) is 5.57. The highest BCUT2D eigenvalue weighted by molar-refractivity contribution is 8.13. The number of oxime groups is 1. The predicted octanol–water partition coefficient (Wildman–Crippen LogP) is 2.36. The molecule has 1 aliphatic heterocycles. The van der Waals surface area contributed by atoms with Gasteiger partial charge in [-0.2, -0.15) is 4.39 Å². The summed E-state index contributed by atoms with van der Waals surface area (Å²) in [6, 6.07) is 5.21. The first-order chi connectivity index (χ1) is 12.8. The van der Waals surface area contributed by atoms with Crippen LogP contribution in [0.15, 0.2) is 40.5 Å². The van der Waals surface area contributed by atoms with E-state index in [1.54, 1.807) is 0 Å². The zero-order chi connectivity index (χ0) is 19.4. The van der Waals surface area contributed by atoms with E-state index in [1.807, 2.05) is 0 Å². The summed E-state index contributed by atoms with van der Waals surface area (Å²) in [6.45, 7) is 0.877. The molecule has 1 fully saturated rings. The average molecular weight is 434 g/mol. The fraction of sp³-hybridized carbons (Fsp3) is 0.267. The van der Waals surface area contributed by atoms with Gasteiger partial charge in [-0.3, -0.25) is 10.1 Å². The van der Waals surface area contributed by atoms with Crippen LogP contribution >= 0.6 is 22.0 Å². The first-order valence-electron chi connectivity index (χ1n) is 7.62. The number of hydrogen-bond donors (Lipinski definition) is 1. The number of ether oxygens (including phenoxy) is 1. The number of amides is 1. The summed E-state index contributed by atoms with van der Waals surface area (Å²) in [7, 11) is 1.39.